The molecule has 17 heavy (non-hydrogen) atoms. The lowest BCUT2D eigenvalue weighted by molar-refractivity contribution is 0.0594. The second kappa shape index (κ2) is 7.43. The van der Waals surface area contributed by atoms with Crippen LogP contribution in [0.25, 0.3) is 0 Å². The van der Waals surface area contributed by atoms with E-state index in [4.69, 9.17) is 4.74 Å². The Kier molecular flexibility index (Phi) is 6.19. The third kappa shape index (κ3) is 5.82. The third-order valence-corrected chi connectivity index (χ3v) is 2.62. The molecule has 0 fully saturated rings. The second-order valence-electron chi connectivity index (χ2n) is 4.57. The lowest BCUT2D eigenvalue weighted by atomic mass is 10.1. The monoisotopic (exact) mass is 237 g/mol. The highest BCUT2D eigenvalue weighted by atomic mass is 16.5. The maximum Gasteiger partial charge on any atom is 0.0785 e. The molecule has 0 aliphatic carbocycles. The number of benzene rings is 1. The molecule has 1 atom stereocenters. The van der Waals surface area contributed by atoms with E-state index in [0.29, 0.717) is 6.61 Å². The Morgan fingerprint density at radius 1 is 1.24 bits per heavy atom. The number of aliphatic hydroxyl groups excluding tert-OH is 1. The molecule has 0 amide bonds. The topological polar surface area (TPSA) is 41.5 Å². The summed E-state index contributed by atoms with van der Waals surface area (Å²) < 4.78 is 4.87. The predicted molar refractivity (Wildman–Crippen MR) is 70.1 cm³/mol. The quantitative estimate of drug-likeness (QED) is 0.710. The zero-order valence-electron chi connectivity index (χ0n) is 11.0. The Balaban J connectivity index is 2.26. The summed E-state index contributed by atoms with van der Waals surface area (Å²) in [6.07, 6.45) is 0.352. The number of ether oxygens (including phenoxy) is 1. The van der Waals surface area contributed by atoms with Crippen molar-refractivity contribution in [1.82, 2.24) is 5.32 Å². The summed E-state index contributed by atoms with van der Waals surface area (Å²) in [5, 5.41) is 12.8. The van der Waals surface area contributed by atoms with Crippen LogP contribution in [0.15, 0.2) is 18.2 Å². The van der Waals surface area contributed by atoms with Crippen LogP contribution in [-0.4, -0.2) is 31.5 Å². The molecule has 0 aromatic heterocycles. The number of hydrogen-bond acceptors (Lipinski definition) is 3. The predicted octanol–water partition coefficient (Wildman–Crippen LogP) is 1.79. The van der Waals surface area contributed by atoms with Crippen molar-refractivity contribution in [3.05, 3.63) is 34.9 Å². The molecule has 0 bridgehead atoms. The first-order valence-corrected chi connectivity index (χ1v) is 6.06. The Bertz CT molecular complexity index is 319. The minimum atomic E-state index is -0.369. The molecule has 1 aromatic rings. The zero-order chi connectivity index (χ0) is 12.7. The highest BCUT2D eigenvalue weighted by Crippen LogP contribution is 2.08. The average Bonchev–Trinajstić information content (AvgIpc) is 2.23. The minimum absolute atomic E-state index is 0.369. The summed E-state index contributed by atoms with van der Waals surface area (Å²) in [6, 6.07) is 6.54. The lowest BCUT2D eigenvalue weighted by Crippen LogP contribution is -2.23. The van der Waals surface area contributed by atoms with E-state index in [1.165, 1.54) is 16.7 Å². The van der Waals surface area contributed by atoms with Gasteiger partial charge in [0.05, 0.1) is 12.7 Å². The van der Waals surface area contributed by atoms with Crippen LogP contribution in [0.5, 0.6) is 0 Å². The lowest BCUT2D eigenvalue weighted by Gasteiger charge is -2.10. The maximum absolute atomic E-state index is 9.47. The van der Waals surface area contributed by atoms with Gasteiger partial charge in [-0.25, -0.2) is 0 Å². The van der Waals surface area contributed by atoms with E-state index in [9.17, 15) is 5.11 Å². The van der Waals surface area contributed by atoms with Gasteiger partial charge in [0.15, 0.2) is 0 Å². The fraction of sp³-hybridized carbons (Fsp3) is 0.571. The van der Waals surface area contributed by atoms with E-state index in [-0.39, 0.29) is 6.10 Å². The van der Waals surface area contributed by atoms with Gasteiger partial charge in [-0.15, -0.1) is 0 Å². The first kappa shape index (κ1) is 14.2. The van der Waals surface area contributed by atoms with Crippen molar-refractivity contribution in [3.63, 3.8) is 0 Å². The summed E-state index contributed by atoms with van der Waals surface area (Å²) in [5.74, 6) is 0. The van der Waals surface area contributed by atoms with Crippen LogP contribution in [0.2, 0.25) is 0 Å². The number of aliphatic hydroxyl groups is 1. The van der Waals surface area contributed by atoms with E-state index in [2.05, 4.69) is 37.4 Å². The number of methoxy groups -OCH3 is 1. The maximum atomic E-state index is 9.47. The second-order valence-corrected chi connectivity index (χ2v) is 4.57. The van der Waals surface area contributed by atoms with Crippen LogP contribution in [0, 0.1) is 13.8 Å². The van der Waals surface area contributed by atoms with Gasteiger partial charge in [0.1, 0.15) is 0 Å². The average molecular weight is 237 g/mol. The SMILES string of the molecule is COCC(O)CCNCc1cc(C)cc(C)c1. The molecule has 0 aliphatic rings. The molecule has 0 heterocycles. The molecule has 0 saturated carbocycles. The Labute approximate surface area is 104 Å². The van der Waals surface area contributed by atoms with Crippen molar-refractivity contribution in [2.45, 2.75) is 32.9 Å². The molecule has 1 aromatic carbocycles. The van der Waals surface area contributed by atoms with E-state index in [1.54, 1.807) is 7.11 Å². The smallest absolute Gasteiger partial charge is 0.0785 e. The van der Waals surface area contributed by atoms with Crippen molar-refractivity contribution in [2.24, 2.45) is 0 Å². The van der Waals surface area contributed by atoms with Gasteiger partial charge in [-0.3, -0.25) is 0 Å². The summed E-state index contributed by atoms with van der Waals surface area (Å²) in [4.78, 5) is 0. The number of nitrogens with one attached hydrogen (secondary N) is 1. The summed E-state index contributed by atoms with van der Waals surface area (Å²) in [5.41, 5.74) is 3.88. The van der Waals surface area contributed by atoms with Gasteiger partial charge in [0, 0.05) is 13.7 Å². The Morgan fingerprint density at radius 3 is 2.47 bits per heavy atom. The van der Waals surface area contributed by atoms with Gasteiger partial charge >= 0.3 is 0 Å². The Hall–Kier alpha value is -0.900. The standard InChI is InChI=1S/C14H23NO2/c1-11-6-12(2)8-13(7-11)9-15-5-4-14(16)10-17-3/h6-8,14-16H,4-5,9-10H2,1-3H3. The van der Waals surface area contributed by atoms with Crippen LogP contribution in [0.4, 0.5) is 0 Å². The molecule has 0 aliphatic heterocycles. The molecule has 0 radical (unpaired) electrons. The number of hydrogen-bond donors (Lipinski definition) is 2. The molecule has 1 rings (SSSR count). The van der Waals surface area contributed by atoms with Gasteiger partial charge in [-0.05, 0) is 32.4 Å². The summed E-state index contributed by atoms with van der Waals surface area (Å²) in [6.45, 7) is 6.28. The molecular weight excluding hydrogens is 214 g/mol. The molecule has 3 heteroatoms. The van der Waals surface area contributed by atoms with E-state index in [0.717, 1.165) is 19.5 Å². The third-order valence-electron chi connectivity index (χ3n) is 2.62. The minimum Gasteiger partial charge on any atom is -0.391 e. The van der Waals surface area contributed by atoms with Crippen LogP contribution in [0.3, 0.4) is 0 Å². The van der Waals surface area contributed by atoms with E-state index in [1.807, 2.05) is 0 Å². The van der Waals surface area contributed by atoms with Gasteiger partial charge in [-0.2, -0.15) is 0 Å². The summed E-state index contributed by atoms with van der Waals surface area (Å²) >= 11 is 0. The Morgan fingerprint density at radius 2 is 1.88 bits per heavy atom. The van der Waals surface area contributed by atoms with Crippen LogP contribution in [0.1, 0.15) is 23.1 Å². The van der Waals surface area contributed by atoms with Gasteiger partial charge < -0.3 is 15.2 Å². The van der Waals surface area contributed by atoms with Crippen LogP contribution < -0.4 is 5.32 Å². The number of aryl methyl sites for hydroxylation is 2. The van der Waals surface area contributed by atoms with Crippen molar-refractivity contribution in [1.29, 1.82) is 0 Å². The molecule has 0 spiro atoms. The first-order valence-electron chi connectivity index (χ1n) is 6.06. The highest BCUT2D eigenvalue weighted by Gasteiger charge is 2.02. The van der Waals surface area contributed by atoms with Crippen LogP contribution in [-0.2, 0) is 11.3 Å². The van der Waals surface area contributed by atoms with Gasteiger partial charge in [-0.1, -0.05) is 29.3 Å². The van der Waals surface area contributed by atoms with Gasteiger partial charge in [0.2, 0.25) is 0 Å². The fourth-order valence-corrected chi connectivity index (χ4v) is 1.95. The van der Waals surface area contributed by atoms with Crippen molar-refractivity contribution < 1.29 is 9.84 Å². The molecular formula is C14H23NO2. The van der Waals surface area contributed by atoms with Crippen molar-refractivity contribution in [3.8, 4) is 0 Å². The normalized spacial score (nSPS) is 12.7. The molecule has 2 N–H and O–H groups in total. The van der Waals surface area contributed by atoms with Crippen molar-refractivity contribution in [2.75, 3.05) is 20.3 Å². The van der Waals surface area contributed by atoms with Gasteiger partial charge in [0.25, 0.3) is 0 Å². The molecule has 3 nitrogen and oxygen atoms in total. The molecule has 0 saturated heterocycles. The fourth-order valence-electron chi connectivity index (χ4n) is 1.95. The zero-order valence-corrected chi connectivity index (χ0v) is 11.0. The first-order chi connectivity index (χ1) is 8.11. The van der Waals surface area contributed by atoms with Crippen LogP contribution >= 0.6 is 0 Å². The summed E-state index contributed by atoms with van der Waals surface area (Å²) in [7, 11) is 1.60. The number of rotatable bonds is 7. The van der Waals surface area contributed by atoms with Crippen molar-refractivity contribution >= 4 is 0 Å². The largest absolute Gasteiger partial charge is 0.391 e. The molecule has 96 valence electrons. The van der Waals surface area contributed by atoms with E-state index < -0.39 is 0 Å². The molecule has 1 unspecified atom stereocenters. The van der Waals surface area contributed by atoms with E-state index >= 15 is 0 Å². The highest BCUT2D eigenvalue weighted by molar-refractivity contribution is 5.28.